The van der Waals surface area contributed by atoms with Crippen LogP contribution in [0, 0.1) is 17.1 Å². The van der Waals surface area contributed by atoms with E-state index in [9.17, 15) is 9.18 Å². The van der Waals surface area contributed by atoms with Crippen LogP contribution in [0.25, 0.3) is 0 Å². The molecule has 0 aliphatic carbocycles. The first kappa shape index (κ1) is 17.2. The van der Waals surface area contributed by atoms with Crippen LogP contribution in [-0.4, -0.2) is 19.0 Å². The molecule has 0 bridgehead atoms. The minimum absolute atomic E-state index is 0.108. The second-order valence-corrected chi connectivity index (χ2v) is 6.35. The number of nitriles is 1. The highest BCUT2D eigenvalue weighted by Gasteiger charge is 2.20. The number of hydrogen-bond acceptors (Lipinski definition) is 3. The molecule has 1 aliphatic heterocycles. The van der Waals surface area contributed by atoms with E-state index in [0.29, 0.717) is 10.7 Å². The molecule has 3 rings (SSSR count). The van der Waals surface area contributed by atoms with Crippen molar-refractivity contribution in [3.8, 4) is 6.07 Å². The van der Waals surface area contributed by atoms with Gasteiger partial charge < -0.3 is 10.2 Å². The molecule has 1 N–H and O–H groups in total. The van der Waals surface area contributed by atoms with Gasteiger partial charge in [-0.15, -0.1) is 0 Å². The zero-order valence-corrected chi connectivity index (χ0v) is 14.3. The molecule has 128 valence electrons. The third-order valence-corrected chi connectivity index (χ3v) is 4.56. The SMILES string of the molecule is N#Cc1ccc(C(=O)Nc2cccc(Cl)c2N2CCCCC2)c(F)c1. The topological polar surface area (TPSA) is 56.1 Å². The van der Waals surface area contributed by atoms with Crippen LogP contribution in [-0.2, 0) is 0 Å². The van der Waals surface area contributed by atoms with Crippen molar-refractivity contribution in [2.45, 2.75) is 19.3 Å². The molecule has 0 aromatic heterocycles. The van der Waals surface area contributed by atoms with Crippen molar-refractivity contribution < 1.29 is 9.18 Å². The monoisotopic (exact) mass is 357 g/mol. The van der Waals surface area contributed by atoms with Gasteiger partial charge in [0.05, 0.1) is 33.6 Å². The molecule has 0 atom stereocenters. The molecule has 0 spiro atoms. The van der Waals surface area contributed by atoms with Gasteiger partial charge in [-0.2, -0.15) is 5.26 Å². The third-order valence-electron chi connectivity index (χ3n) is 4.25. The Kier molecular flexibility index (Phi) is 5.20. The molecule has 4 nitrogen and oxygen atoms in total. The quantitative estimate of drug-likeness (QED) is 0.873. The molecule has 1 saturated heterocycles. The zero-order valence-electron chi connectivity index (χ0n) is 13.6. The number of rotatable bonds is 3. The Hall–Kier alpha value is -2.58. The highest BCUT2D eigenvalue weighted by molar-refractivity contribution is 6.34. The average Bonchev–Trinajstić information content (AvgIpc) is 2.62. The summed E-state index contributed by atoms with van der Waals surface area (Å²) in [5.41, 5.74) is 1.39. The minimum Gasteiger partial charge on any atom is -0.369 e. The molecule has 1 amide bonds. The van der Waals surface area contributed by atoms with E-state index in [0.717, 1.165) is 37.7 Å². The first-order chi connectivity index (χ1) is 12.1. The Morgan fingerprint density at radius 1 is 1.20 bits per heavy atom. The maximum atomic E-state index is 14.1. The fourth-order valence-electron chi connectivity index (χ4n) is 3.01. The van der Waals surface area contributed by atoms with E-state index >= 15 is 0 Å². The number of para-hydroxylation sites is 1. The Morgan fingerprint density at radius 2 is 1.96 bits per heavy atom. The Labute approximate surface area is 150 Å². The Morgan fingerprint density at radius 3 is 2.64 bits per heavy atom. The second-order valence-electron chi connectivity index (χ2n) is 5.94. The standard InChI is InChI=1S/C19H17ClFN3O/c20-15-5-4-6-17(18(15)24-9-2-1-3-10-24)23-19(25)14-8-7-13(12-22)11-16(14)21/h4-8,11H,1-3,9-10H2,(H,23,25). The summed E-state index contributed by atoms with van der Waals surface area (Å²) in [5, 5.41) is 12.1. The molecule has 0 unspecified atom stereocenters. The van der Waals surface area contributed by atoms with E-state index < -0.39 is 11.7 Å². The zero-order chi connectivity index (χ0) is 17.8. The van der Waals surface area contributed by atoms with Gasteiger partial charge in [0.25, 0.3) is 5.91 Å². The highest BCUT2D eigenvalue weighted by atomic mass is 35.5. The molecular weight excluding hydrogens is 341 g/mol. The van der Waals surface area contributed by atoms with Gasteiger partial charge >= 0.3 is 0 Å². The summed E-state index contributed by atoms with van der Waals surface area (Å²) >= 11 is 6.36. The number of anilines is 2. The highest BCUT2D eigenvalue weighted by Crippen LogP contribution is 2.35. The number of halogens is 2. The number of carbonyl (C=O) groups is 1. The summed E-state index contributed by atoms with van der Waals surface area (Å²) in [4.78, 5) is 14.6. The van der Waals surface area contributed by atoms with Crippen molar-refractivity contribution in [2.75, 3.05) is 23.3 Å². The van der Waals surface area contributed by atoms with E-state index in [1.807, 2.05) is 6.07 Å². The summed E-state index contributed by atoms with van der Waals surface area (Å²) in [6.07, 6.45) is 3.32. The van der Waals surface area contributed by atoms with Crippen LogP contribution in [0.3, 0.4) is 0 Å². The first-order valence-corrected chi connectivity index (χ1v) is 8.52. The predicted molar refractivity (Wildman–Crippen MR) is 96.6 cm³/mol. The minimum atomic E-state index is -0.724. The number of nitrogens with zero attached hydrogens (tertiary/aromatic N) is 2. The number of piperidine rings is 1. The van der Waals surface area contributed by atoms with Crippen LogP contribution in [0.4, 0.5) is 15.8 Å². The van der Waals surface area contributed by atoms with Gasteiger partial charge in [0.2, 0.25) is 0 Å². The van der Waals surface area contributed by atoms with Crippen LogP contribution in [0.1, 0.15) is 35.2 Å². The number of amides is 1. The summed E-state index contributed by atoms with van der Waals surface area (Å²) in [7, 11) is 0. The summed E-state index contributed by atoms with van der Waals surface area (Å²) in [5.74, 6) is -1.29. The van der Waals surface area contributed by atoms with Crippen molar-refractivity contribution in [1.82, 2.24) is 0 Å². The molecule has 1 heterocycles. The van der Waals surface area contributed by atoms with E-state index in [4.69, 9.17) is 16.9 Å². The van der Waals surface area contributed by atoms with Crippen LogP contribution < -0.4 is 10.2 Å². The largest absolute Gasteiger partial charge is 0.369 e. The van der Waals surface area contributed by atoms with Crippen LogP contribution in [0.5, 0.6) is 0 Å². The van der Waals surface area contributed by atoms with Gasteiger partial charge in [0.15, 0.2) is 0 Å². The van der Waals surface area contributed by atoms with Gasteiger partial charge in [-0.1, -0.05) is 17.7 Å². The lowest BCUT2D eigenvalue weighted by Crippen LogP contribution is -2.30. The van der Waals surface area contributed by atoms with Crippen molar-refractivity contribution in [1.29, 1.82) is 5.26 Å². The Balaban J connectivity index is 1.89. The average molecular weight is 358 g/mol. The summed E-state index contributed by atoms with van der Waals surface area (Å²) < 4.78 is 14.1. The molecule has 2 aromatic rings. The molecule has 25 heavy (non-hydrogen) atoms. The van der Waals surface area contributed by atoms with Crippen molar-refractivity contribution in [3.05, 3.63) is 58.4 Å². The molecule has 1 fully saturated rings. The van der Waals surface area contributed by atoms with Gasteiger partial charge in [-0.25, -0.2) is 4.39 Å². The summed E-state index contributed by atoms with van der Waals surface area (Å²) in [6.45, 7) is 1.75. The van der Waals surface area contributed by atoms with E-state index in [2.05, 4.69) is 10.2 Å². The predicted octanol–water partition coefficient (Wildman–Crippen LogP) is 4.59. The Bertz CT molecular complexity index is 841. The molecular formula is C19H17ClFN3O. The lowest BCUT2D eigenvalue weighted by atomic mass is 10.1. The molecule has 0 saturated carbocycles. The first-order valence-electron chi connectivity index (χ1n) is 8.14. The van der Waals surface area contributed by atoms with Crippen LogP contribution in [0.2, 0.25) is 5.02 Å². The van der Waals surface area contributed by atoms with Gasteiger partial charge in [0.1, 0.15) is 5.82 Å². The molecule has 6 heteroatoms. The van der Waals surface area contributed by atoms with Gasteiger partial charge in [-0.05, 0) is 49.6 Å². The van der Waals surface area contributed by atoms with Crippen LogP contribution >= 0.6 is 11.6 Å². The van der Waals surface area contributed by atoms with Gasteiger partial charge in [-0.3, -0.25) is 4.79 Å². The summed E-state index contributed by atoms with van der Waals surface area (Å²) in [6, 6.07) is 10.9. The van der Waals surface area contributed by atoms with Gasteiger partial charge in [0, 0.05) is 13.1 Å². The second kappa shape index (κ2) is 7.54. The van der Waals surface area contributed by atoms with E-state index in [-0.39, 0.29) is 11.1 Å². The number of carbonyl (C=O) groups excluding carboxylic acids is 1. The molecule has 2 aromatic carbocycles. The van der Waals surface area contributed by atoms with Crippen molar-refractivity contribution in [3.63, 3.8) is 0 Å². The molecule has 0 radical (unpaired) electrons. The number of benzene rings is 2. The number of nitrogens with one attached hydrogen (secondary N) is 1. The lowest BCUT2D eigenvalue weighted by molar-refractivity contribution is 0.102. The number of hydrogen-bond donors (Lipinski definition) is 1. The fraction of sp³-hybridized carbons (Fsp3) is 0.263. The fourth-order valence-corrected chi connectivity index (χ4v) is 3.31. The van der Waals surface area contributed by atoms with E-state index in [1.165, 1.54) is 18.6 Å². The smallest absolute Gasteiger partial charge is 0.258 e. The lowest BCUT2D eigenvalue weighted by Gasteiger charge is -2.31. The van der Waals surface area contributed by atoms with E-state index in [1.54, 1.807) is 18.2 Å². The van der Waals surface area contributed by atoms with Crippen molar-refractivity contribution >= 4 is 28.9 Å². The van der Waals surface area contributed by atoms with Crippen molar-refractivity contribution in [2.24, 2.45) is 0 Å². The maximum absolute atomic E-state index is 14.1. The normalized spacial score (nSPS) is 14.0. The third kappa shape index (κ3) is 3.75. The maximum Gasteiger partial charge on any atom is 0.258 e. The van der Waals surface area contributed by atoms with Crippen LogP contribution in [0.15, 0.2) is 36.4 Å². The molecule has 1 aliphatic rings.